The highest BCUT2D eigenvalue weighted by molar-refractivity contribution is 6.05. The molecule has 14 nitrogen and oxygen atoms in total. The van der Waals surface area contributed by atoms with E-state index < -0.39 is 23.8 Å². The predicted octanol–water partition coefficient (Wildman–Crippen LogP) is 7.46. The number of hydrogen-bond acceptors (Lipinski definition) is 10. The van der Waals surface area contributed by atoms with E-state index in [-0.39, 0.29) is 51.6 Å². The molecule has 2 aromatic heterocycles. The lowest BCUT2D eigenvalue weighted by molar-refractivity contribution is 0.0685. The van der Waals surface area contributed by atoms with Crippen LogP contribution in [0.3, 0.4) is 0 Å². The minimum atomic E-state index is -1.11. The van der Waals surface area contributed by atoms with Crippen molar-refractivity contribution in [3.63, 3.8) is 0 Å². The molecule has 0 radical (unpaired) electrons. The summed E-state index contributed by atoms with van der Waals surface area (Å²) >= 11 is 0. The highest BCUT2D eigenvalue weighted by Gasteiger charge is 2.13. The standard InChI is InChI=1S/C21H18FN3O4.C17H16N2O5.C4H10/c22-18-4-2-1-3-14(18)11-23-10-13-7-16(9-17(26)8-13)20(27)25-19-6-5-15(12-24-19)21(28)29;1-10(2)24-14-6-11(9-20)5-13(7-14)16(21)19-15-4-3-12(8-18-15)17(22)23;1-4(2)3/h1-9,12,23,26H,10-11H2,(H,28,29)(H,24,25,27);3-10H,1-2H3,(H,22,23)(H,18,19,21);4H,1-3H3. The Morgan fingerprint density at radius 2 is 1.26 bits per heavy atom. The monoisotopic (exact) mass is 781 g/mol. The van der Waals surface area contributed by atoms with Crippen LogP contribution in [-0.4, -0.2) is 61.4 Å². The van der Waals surface area contributed by atoms with Crippen molar-refractivity contribution < 1.29 is 48.4 Å². The van der Waals surface area contributed by atoms with E-state index in [2.05, 4.69) is 46.7 Å². The van der Waals surface area contributed by atoms with Gasteiger partial charge in [0, 0.05) is 47.7 Å². The molecule has 0 aliphatic heterocycles. The second-order valence-electron chi connectivity index (χ2n) is 13.3. The maximum atomic E-state index is 13.7. The number of pyridine rings is 2. The van der Waals surface area contributed by atoms with Crippen LogP contribution in [0.15, 0.2) is 97.3 Å². The van der Waals surface area contributed by atoms with Crippen LogP contribution in [-0.2, 0) is 13.1 Å². The fourth-order valence-electron chi connectivity index (χ4n) is 4.62. The van der Waals surface area contributed by atoms with Gasteiger partial charge in [-0.25, -0.2) is 23.9 Å². The summed E-state index contributed by atoms with van der Waals surface area (Å²) in [6.45, 7) is 10.8. The SMILES string of the molecule is CC(C)C.CC(C)Oc1cc(C=O)cc(C(=O)Nc2ccc(C(=O)O)cn2)c1.O=C(O)c1ccc(NC(=O)c2cc(O)cc(CNCc3ccccc3F)c2)nc1. The second-order valence-corrected chi connectivity index (χ2v) is 13.3. The number of carbonyl (C=O) groups is 5. The first-order valence-electron chi connectivity index (χ1n) is 17.6. The van der Waals surface area contributed by atoms with Crippen molar-refractivity contribution in [2.75, 3.05) is 10.6 Å². The van der Waals surface area contributed by atoms with E-state index in [1.54, 1.807) is 30.3 Å². The number of carboxylic acids is 2. The highest BCUT2D eigenvalue weighted by atomic mass is 19.1. The summed E-state index contributed by atoms with van der Waals surface area (Å²) in [7, 11) is 0. The van der Waals surface area contributed by atoms with Crippen molar-refractivity contribution in [2.24, 2.45) is 5.92 Å². The Kier molecular flexibility index (Phi) is 17.0. The molecule has 6 N–H and O–H groups in total. The predicted molar refractivity (Wildman–Crippen MR) is 211 cm³/mol. The number of carboxylic acid groups (broad SMARTS) is 2. The number of aldehydes is 1. The van der Waals surface area contributed by atoms with E-state index >= 15 is 0 Å². The van der Waals surface area contributed by atoms with Gasteiger partial charge in [-0.15, -0.1) is 0 Å². The normalized spacial score (nSPS) is 10.3. The first-order chi connectivity index (χ1) is 27.0. The fourth-order valence-corrected chi connectivity index (χ4v) is 4.62. The Morgan fingerprint density at radius 1 is 0.719 bits per heavy atom. The molecule has 2 amide bonds. The van der Waals surface area contributed by atoms with Crippen molar-refractivity contribution in [3.8, 4) is 11.5 Å². The topological polar surface area (TPSA) is 217 Å². The molecular formula is C42H44FN5O9. The molecule has 0 atom stereocenters. The Hall–Kier alpha value is -7.00. The van der Waals surface area contributed by atoms with Gasteiger partial charge in [0.2, 0.25) is 0 Å². The number of halogens is 1. The quantitative estimate of drug-likeness (QED) is 0.0642. The average Bonchev–Trinajstić information content (AvgIpc) is 3.15. The molecule has 3 aromatic carbocycles. The minimum absolute atomic E-state index is 0.00330. The van der Waals surface area contributed by atoms with Crippen LogP contribution in [0.2, 0.25) is 0 Å². The number of aromatic carboxylic acids is 2. The zero-order valence-electron chi connectivity index (χ0n) is 31.9. The number of hydrogen-bond donors (Lipinski definition) is 6. The molecule has 0 aliphatic rings. The minimum Gasteiger partial charge on any atom is -0.508 e. The third-order valence-corrected chi connectivity index (χ3v) is 7.05. The zero-order chi connectivity index (χ0) is 42.1. The number of aromatic hydroxyl groups is 1. The lowest BCUT2D eigenvalue weighted by atomic mass is 10.1. The Morgan fingerprint density at radius 3 is 1.74 bits per heavy atom. The molecule has 0 bridgehead atoms. The number of benzene rings is 3. The molecule has 0 saturated heterocycles. The van der Waals surface area contributed by atoms with Gasteiger partial charge in [0.1, 0.15) is 35.2 Å². The van der Waals surface area contributed by atoms with Crippen LogP contribution in [0.1, 0.15) is 97.5 Å². The van der Waals surface area contributed by atoms with Gasteiger partial charge in [-0.05, 0) is 92.1 Å². The molecule has 0 fully saturated rings. The number of phenolic OH excluding ortho intramolecular Hbond substituents is 1. The van der Waals surface area contributed by atoms with Gasteiger partial charge in [-0.3, -0.25) is 14.4 Å². The van der Waals surface area contributed by atoms with Crippen molar-refractivity contribution in [1.82, 2.24) is 15.3 Å². The van der Waals surface area contributed by atoms with Gasteiger partial charge in [-0.2, -0.15) is 0 Å². The number of nitrogens with one attached hydrogen (secondary N) is 3. The Balaban J connectivity index is 0.000000283. The molecule has 5 rings (SSSR count). The summed E-state index contributed by atoms with van der Waals surface area (Å²) in [5, 5.41) is 35.8. The maximum Gasteiger partial charge on any atom is 0.337 e. The zero-order valence-corrected chi connectivity index (χ0v) is 31.9. The van der Waals surface area contributed by atoms with Crippen molar-refractivity contribution in [3.05, 3.63) is 142 Å². The number of amides is 2. The van der Waals surface area contributed by atoms with Crippen LogP contribution < -0.4 is 20.7 Å². The molecule has 0 spiro atoms. The van der Waals surface area contributed by atoms with E-state index in [1.165, 1.54) is 54.6 Å². The summed E-state index contributed by atoms with van der Waals surface area (Å²) in [6, 6.07) is 20.7. The number of nitrogens with zero attached hydrogens (tertiary/aromatic N) is 2. The summed E-state index contributed by atoms with van der Waals surface area (Å²) in [5.74, 6) is -1.98. The van der Waals surface area contributed by atoms with Crippen molar-refractivity contribution >= 4 is 41.7 Å². The van der Waals surface area contributed by atoms with E-state index in [0.29, 0.717) is 41.8 Å². The van der Waals surface area contributed by atoms with Crippen molar-refractivity contribution in [2.45, 2.75) is 53.8 Å². The highest BCUT2D eigenvalue weighted by Crippen LogP contribution is 2.20. The van der Waals surface area contributed by atoms with Crippen LogP contribution in [0, 0.1) is 11.7 Å². The van der Waals surface area contributed by atoms with Crippen LogP contribution in [0.5, 0.6) is 11.5 Å². The molecule has 2 heterocycles. The maximum absolute atomic E-state index is 13.7. The number of phenols is 1. The lowest BCUT2D eigenvalue weighted by Gasteiger charge is -2.12. The van der Waals surface area contributed by atoms with Gasteiger partial charge in [0.25, 0.3) is 11.8 Å². The Bertz CT molecular complexity index is 2160. The van der Waals surface area contributed by atoms with E-state index in [0.717, 1.165) is 18.3 Å². The average molecular weight is 782 g/mol. The van der Waals surface area contributed by atoms with Gasteiger partial charge < -0.3 is 36.0 Å². The number of ether oxygens (including phenoxy) is 1. The number of rotatable bonds is 13. The van der Waals surface area contributed by atoms with Gasteiger partial charge in [-0.1, -0.05) is 39.0 Å². The summed E-state index contributed by atoms with van der Waals surface area (Å²) in [6.07, 6.45) is 2.81. The second kappa shape index (κ2) is 21.8. The third-order valence-electron chi connectivity index (χ3n) is 7.05. The molecule has 298 valence electrons. The fraction of sp³-hybridized carbons (Fsp3) is 0.214. The van der Waals surface area contributed by atoms with Gasteiger partial charge >= 0.3 is 11.9 Å². The molecular weight excluding hydrogens is 737 g/mol. The Labute approximate surface area is 328 Å². The van der Waals surface area contributed by atoms with E-state index in [1.807, 2.05) is 13.8 Å². The van der Waals surface area contributed by atoms with Crippen LogP contribution >= 0.6 is 0 Å². The molecule has 0 saturated carbocycles. The molecule has 57 heavy (non-hydrogen) atoms. The number of anilines is 2. The largest absolute Gasteiger partial charge is 0.508 e. The first-order valence-corrected chi connectivity index (χ1v) is 17.6. The van der Waals surface area contributed by atoms with Gasteiger partial charge in [0.05, 0.1) is 17.2 Å². The van der Waals surface area contributed by atoms with Crippen LogP contribution in [0.25, 0.3) is 0 Å². The van der Waals surface area contributed by atoms with Crippen molar-refractivity contribution in [1.29, 1.82) is 0 Å². The smallest absolute Gasteiger partial charge is 0.337 e. The summed E-state index contributed by atoms with van der Waals surface area (Å²) < 4.78 is 19.2. The van der Waals surface area contributed by atoms with Crippen LogP contribution in [0.4, 0.5) is 16.0 Å². The molecule has 0 unspecified atom stereocenters. The number of carbonyl (C=O) groups excluding carboxylic acids is 3. The van der Waals surface area contributed by atoms with Gasteiger partial charge in [0.15, 0.2) is 0 Å². The summed E-state index contributed by atoms with van der Waals surface area (Å²) in [4.78, 5) is 65.1. The molecule has 15 heteroatoms. The molecule has 0 aliphatic carbocycles. The van der Waals surface area contributed by atoms with E-state index in [4.69, 9.17) is 14.9 Å². The number of aromatic nitrogens is 2. The third kappa shape index (κ3) is 15.3. The molecule has 5 aromatic rings. The van der Waals surface area contributed by atoms with E-state index in [9.17, 15) is 33.5 Å². The lowest BCUT2D eigenvalue weighted by Crippen LogP contribution is -2.16. The summed E-state index contributed by atoms with van der Waals surface area (Å²) in [5.41, 5.74) is 1.93. The first kappa shape index (κ1) is 44.4.